The highest BCUT2D eigenvalue weighted by Crippen LogP contribution is 2.35. The molecule has 0 aromatic heterocycles. The van der Waals surface area contributed by atoms with Crippen LogP contribution in [0.25, 0.3) is 0 Å². The van der Waals surface area contributed by atoms with E-state index in [1.54, 1.807) is 0 Å². The molecule has 0 aliphatic rings. The van der Waals surface area contributed by atoms with E-state index in [4.69, 9.17) is 9.84 Å². The number of hydrogen-bond acceptors (Lipinski definition) is 8. The Labute approximate surface area is 137 Å². The van der Waals surface area contributed by atoms with Gasteiger partial charge in [0.1, 0.15) is 11.3 Å². The van der Waals surface area contributed by atoms with Crippen molar-refractivity contribution >= 4 is 23.0 Å². The van der Waals surface area contributed by atoms with Crippen LogP contribution in [0, 0.1) is 30.3 Å². The Kier molecular flexibility index (Phi) is 4.54. The summed E-state index contributed by atoms with van der Waals surface area (Å²) in [5.74, 6) is -2.20. The summed E-state index contributed by atoms with van der Waals surface area (Å²) in [6.07, 6.45) is 0. The first-order valence-corrected chi connectivity index (χ1v) is 6.33. The van der Waals surface area contributed by atoms with Gasteiger partial charge in [-0.25, -0.2) is 4.79 Å². The Bertz CT molecular complexity index is 910. The summed E-state index contributed by atoms with van der Waals surface area (Å²) in [5, 5.41) is 41.5. The molecule has 0 amide bonds. The normalized spacial score (nSPS) is 10.1. The zero-order chi connectivity index (χ0) is 18.7. The van der Waals surface area contributed by atoms with Crippen LogP contribution in [0.3, 0.4) is 0 Å². The van der Waals surface area contributed by atoms with Crippen molar-refractivity contribution in [3.05, 3.63) is 72.3 Å². The number of carboxylic acids is 1. The third kappa shape index (κ3) is 3.64. The zero-order valence-corrected chi connectivity index (χ0v) is 12.0. The first-order valence-electron chi connectivity index (χ1n) is 6.33. The average molecular weight is 349 g/mol. The Hall–Kier alpha value is -4.09. The van der Waals surface area contributed by atoms with E-state index in [1.165, 1.54) is 0 Å². The number of rotatable bonds is 6. The van der Waals surface area contributed by atoms with Crippen molar-refractivity contribution in [2.24, 2.45) is 0 Å². The number of benzene rings is 2. The molecule has 0 aliphatic carbocycles. The van der Waals surface area contributed by atoms with Crippen LogP contribution in [0.5, 0.6) is 11.5 Å². The maximum atomic E-state index is 11.1. The van der Waals surface area contributed by atoms with E-state index in [9.17, 15) is 35.1 Å². The molecule has 0 saturated heterocycles. The van der Waals surface area contributed by atoms with Gasteiger partial charge in [-0.1, -0.05) is 0 Å². The first kappa shape index (κ1) is 17.3. The highest BCUT2D eigenvalue weighted by Gasteiger charge is 2.24. The van der Waals surface area contributed by atoms with Gasteiger partial charge in [0.25, 0.3) is 11.4 Å². The van der Waals surface area contributed by atoms with Gasteiger partial charge >= 0.3 is 11.7 Å². The molecule has 0 radical (unpaired) electrons. The van der Waals surface area contributed by atoms with Gasteiger partial charge in [-0.15, -0.1) is 0 Å². The molecule has 0 aliphatic heterocycles. The van der Waals surface area contributed by atoms with Gasteiger partial charge in [-0.05, 0) is 12.1 Å². The van der Waals surface area contributed by atoms with Gasteiger partial charge < -0.3 is 9.84 Å². The summed E-state index contributed by atoms with van der Waals surface area (Å²) in [6, 6.07) is 5.36. The number of carbonyl (C=O) groups is 1. The third-order valence-electron chi connectivity index (χ3n) is 2.97. The van der Waals surface area contributed by atoms with Crippen molar-refractivity contribution in [3.8, 4) is 11.5 Å². The van der Waals surface area contributed by atoms with Crippen molar-refractivity contribution in [2.75, 3.05) is 0 Å². The number of hydrogen-bond donors (Lipinski definition) is 1. The minimum absolute atomic E-state index is 0.222. The average Bonchev–Trinajstić information content (AvgIpc) is 2.54. The van der Waals surface area contributed by atoms with Crippen LogP contribution in [0.2, 0.25) is 0 Å². The first-order chi connectivity index (χ1) is 11.7. The van der Waals surface area contributed by atoms with E-state index in [0.29, 0.717) is 6.07 Å². The monoisotopic (exact) mass is 349 g/mol. The fraction of sp³-hybridized carbons (Fsp3) is 0. The van der Waals surface area contributed by atoms with Gasteiger partial charge in [0.05, 0.1) is 20.8 Å². The minimum atomic E-state index is -1.59. The lowest BCUT2D eigenvalue weighted by atomic mass is 10.1. The molecule has 0 fully saturated rings. The largest absolute Gasteiger partial charge is 0.477 e. The number of nitro groups is 3. The van der Waals surface area contributed by atoms with Crippen molar-refractivity contribution in [3.63, 3.8) is 0 Å². The lowest BCUT2D eigenvalue weighted by molar-refractivity contribution is -0.394. The van der Waals surface area contributed by atoms with E-state index in [0.717, 1.165) is 30.3 Å². The van der Waals surface area contributed by atoms with Crippen LogP contribution in [0.15, 0.2) is 36.4 Å². The van der Waals surface area contributed by atoms with E-state index >= 15 is 0 Å². The van der Waals surface area contributed by atoms with Crippen molar-refractivity contribution in [1.82, 2.24) is 0 Å². The molecule has 1 N–H and O–H groups in total. The van der Waals surface area contributed by atoms with Crippen LogP contribution < -0.4 is 4.74 Å². The van der Waals surface area contributed by atoms with Crippen LogP contribution in [-0.2, 0) is 0 Å². The van der Waals surface area contributed by atoms with Crippen LogP contribution in [0.4, 0.5) is 17.1 Å². The second kappa shape index (κ2) is 6.57. The maximum Gasteiger partial charge on any atom is 0.342 e. The second-order valence-corrected chi connectivity index (χ2v) is 4.51. The SMILES string of the molecule is O=C(O)c1cc(Oc2ccc([N+](=O)[O-])cc2[N+](=O)[O-])ccc1[N+](=O)[O-]. The number of nitro benzene ring substituents is 3. The summed E-state index contributed by atoms with van der Waals surface area (Å²) in [5.41, 5.74) is -2.61. The maximum absolute atomic E-state index is 11.1. The number of non-ortho nitro benzene ring substituents is 1. The van der Waals surface area contributed by atoms with Crippen molar-refractivity contribution in [1.29, 1.82) is 0 Å². The van der Waals surface area contributed by atoms with E-state index in [1.807, 2.05) is 0 Å². The Morgan fingerprint density at radius 3 is 2.04 bits per heavy atom. The predicted molar refractivity (Wildman–Crippen MR) is 79.9 cm³/mol. The molecule has 12 nitrogen and oxygen atoms in total. The zero-order valence-electron chi connectivity index (χ0n) is 12.0. The molecule has 0 saturated carbocycles. The van der Waals surface area contributed by atoms with Crippen LogP contribution in [0.1, 0.15) is 10.4 Å². The molecular weight excluding hydrogens is 342 g/mol. The molecular formula is C13H7N3O9. The molecule has 0 bridgehead atoms. The number of carboxylic acid groups (broad SMARTS) is 1. The number of ether oxygens (including phenoxy) is 1. The molecule has 12 heteroatoms. The lowest BCUT2D eigenvalue weighted by Gasteiger charge is -2.07. The highest BCUT2D eigenvalue weighted by atomic mass is 16.6. The fourth-order valence-electron chi connectivity index (χ4n) is 1.88. The summed E-state index contributed by atoms with van der Waals surface area (Å²) >= 11 is 0. The predicted octanol–water partition coefficient (Wildman–Crippen LogP) is 2.90. The standard InChI is InChI=1S/C13H7N3O9/c17-13(18)9-6-8(2-3-10(9)15(21)22)25-12-4-1-7(14(19)20)5-11(12)16(23)24/h1-6H,(H,17,18). The summed E-state index contributed by atoms with van der Waals surface area (Å²) in [7, 11) is 0. The summed E-state index contributed by atoms with van der Waals surface area (Å²) in [4.78, 5) is 40.9. The van der Waals surface area contributed by atoms with E-state index in [-0.39, 0.29) is 11.5 Å². The fourth-order valence-corrected chi connectivity index (χ4v) is 1.88. The minimum Gasteiger partial charge on any atom is -0.477 e. The van der Waals surface area contributed by atoms with E-state index in [2.05, 4.69) is 0 Å². The van der Waals surface area contributed by atoms with Crippen molar-refractivity contribution in [2.45, 2.75) is 0 Å². The molecule has 0 atom stereocenters. The van der Waals surface area contributed by atoms with Gasteiger partial charge in [0.2, 0.25) is 5.75 Å². The molecule has 128 valence electrons. The quantitative estimate of drug-likeness (QED) is 0.606. The topological polar surface area (TPSA) is 176 Å². The van der Waals surface area contributed by atoms with E-state index < -0.39 is 43.4 Å². The Morgan fingerprint density at radius 2 is 1.52 bits per heavy atom. The molecule has 25 heavy (non-hydrogen) atoms. The van der Waals surface area contributed by atoms with Gasteiger partial charge in [-0.2, -0.15) is 0 Å². The molecule has 0 spiro atoms. The highest BCUT2D eigenvalue weighted by molar-refractivity contribution is 5.92. The second-order valence-electron chi connectivity index (χ2n) is 4.51. The summed E-state index contributed by atoms with van der Waals surface area (Å²) < 4.78 is 5.18. The van der Waals surface area contributed by atoms with Crippen LogP contribution in [-0.4, -0.2) is 25.8 Å². The molecule has 0 unspecified atom stereocenters. The number of nitrogens with zero attached hydrogens (tertiary/aromatic N) is 3. The third-order valence-corrected chi connectivity index (χ3v) is 2.97. The molecule has 0 heterocycles. The van der Waals surface area contributed by atoms with Gasteiger partial charge in [0, 0.05) is 18.2 Å². The van der Waals surface area contributed by atoms with Crippen molar-refractivity contribution < 1.29 is 29.4 Å². The van der Waals surface area contributed by atoms with Gasteiger partial charge in [-0.3, -0.25) is 30.3 Å². The van der Waals surface area contributed by atoms with Crippen LogP contribution >= 0.6 is 0 Å². The molecule has 2 aromatic rings. The van der Waals surface area contributed by atoms with Gasteiger partial charge in [0.15, 0.2) is 0 Å². The molecule has 2 aromatic carbocycles. The lowest BCUT2D eigenvalue weighted by Crippen LogP contribution is -2.03. The Morgan fingerprint density at radius 1 is 0.880 bits per heavy atom. The molecule has 2 rings (SSSR count). The summed E-state index contributed by atoms with van der Waals surface area (Å²) in [6.45, 7) is 0. The smallest absolute Gasteiger partial charge is 0.342 e. The Balaban J connectivity index is 2.48. The number of aromatic carboxylic acids is 1.